The second kappa shape index (κ2) is 9.32. The first-order valence-corrected chi connectivity index (χ1v) is 10.2. The normalized spacial score (nSPS) is 21.1. The van der Waals surface area contributed by atoms with Crippen molar-refractivity contribution in [2.75, 3.05) is 6.61 Å². The third-order valence-corrected chi connectivity index (χ3v) is 5.70. The van der Waals surface area contributed by atoms with E-state index in [2.05, 4.69) is 10.9 Å². The fourth-order valence-electron chi connectivity index (χ4n) is 3.82. The molecule has 0 aliphatic carbocycles. The van der Waals surface area contributed by atoms with Crippen molar-refractivity contribution in [1.82, 2.24) is 10.9 Å². The molecule has 0 saturated heterocycles. The van der Waals surface area contributed by atoms with Crippen molar-refractivity contribution in [3.63, 3.8) is 0 Å². The van der Waals surface area contributed by atoms with Crippen LogP contribution in [0.3, 0.4) is 0 Å². The minimum Gasteiger partial charge on any atom is -0.480 e. The number of carbonyl (C=O) groups excluding carboxylic acids is 1. The highest BCUT2D eigenvalue weighted by Gasteiger charge is 2.52. The average Bonchev–Trinajstić information content (AvgIpc) is 2.74. The summed E-state index contributed by atoms with van der Waals surface area (Å²) in [5.74, 6) is -2.38. The van der Waals surface area contributed by atoms with Gasteiger partial charge in [0.15, 0.2) is 0 Å². The summed E-state index contributed by atoms with van der Waals surface area (Å²) in [5, 5.41) is 10.6. The van der Waals surface area contributed by atoms with E-state index in [0.717, 1.165) is 5.56 Å². The second-order valence-corrected chi connectivity index (χ2v) is 7.71. The van der Waals surface area contributed by atoms with Crippen molar-refractivity contribution in [2.45, 2.75) is 38.1 Å². The molecular formula is C23H25ClN2O4. The van der Waals surface area contributed by atoms with E-state index >= 15 is 0 Å². The molecule has 0 radical (unpaired) electrons. The smallest absolute Gasteiger partial charge is 0.336 e. The van der Waals surface area contributed by atoms with Crippen LogP contribution in [0.15, 0.2) is 65.9 Å². The van der Waals surface area contributed by atoms with E-state index in [-0.39, 0.29) is 18.6 Å². The second-order valence-electron chi connectivity index (χ2n) is 7.28. The zero-order valence-corrected chi connectivity index (χ0v) is 17.7. The Balaban J connectivity index is 1.94. The van der Waals surface area contributed by atoms with Gasteiger partial charge in [0.2, 0.25) is 0 Å². The summed E-state index contributed by atoms with van der Waals surface area (Å²) in [6.07, 6.45) is 0.810. The number of nitrogens with one attached hydrogen (secondary N) is 2. The molecule has 1 heterocycles. The van der Waals surface area contributed by atoms with E-state index in [1.165, 1.54) is 0 Å². The first kappa shape index (κ1) is 21.9. The standard InChI is InChI=1S/C23H25ClN2O4/c1-3-23(22(28)29)20(17-10-7-11-18(24)14-17)19(15(2)25-26-23)21(27)30-13-12-16-8-5-4-6-9-16/h4-11,14,20,25-26H,3,12-13H2,1-2H3,(H,28,29). The number of rotatable bonds is 7. The number of halogens is 1. The van der Waals surface area contributed by atoms with E-state index in [9.17, 15) is 14.7 Å². The monoisotopic (exact) mass is 428 g/mol. The molecular weight excluding hydrogens is 404 g/mol. The van der Waals surface area contributed by atoms with Gasteiger partial charge in [-0.1, -0.05) is 61.0 Å². The number of esters is 1. The van der Waals surface area contributed by atoms with Crippen molar-refractivity contribution in [3.8, 4) is 0 Å². The van der Waals surface area contributed by atoms with Gasteiger partial charge in [-0.05, 0) is 36.6 Å². The molecule has 0 amide bonds. The van der Waals surface area contributed by atoms with E-state index in [1.807, 2.05) is 30.3 Å². The molecule has 7 heteroatoms. The fourth-order valence-corrected chi connectivity index (χ4v) is 4.02. The molecule has 0 bridgehead atoms. The summed E-state index contributed by atoms with van der Waals surface area (Å²) in [5.41, 5.74) is 6.85. The van der Waals surface area contributed by atoms with Crippen LogP contribution in [-0.2, 0) is 20.7 Å². The van der Waals surface area contributed by atoms with Gasteiger partial charge in [-0.25, -0.2) is 10.2 Å². The number of carbonyl (C=O) groups is 2. The molecule has 0 spiro atoms. The van der Waals surface area contributed by atoms with Crippen LogP contribution in [0.1, 0.15) is 37.3 Å². The minimum atomic E-state index is -1.43. The van der Waals surface area contributed by atoms with Gasteiger partial charge in [-0.3, -0.25) is 4.79 Å². The average molecular weight is 429 g/mol. The van der Waals surface area contributed by atoms with Gasteiger partial charge < -0.3 is 15.3 Å². The van der Waals surface area contributed by atoms with Crippen molar-refractivity contribution in [1.29, 1.82) is 0 Å². The molecule has 1 aliphatic heterocycles. The maximum absolute atomic E-state index is 13.1. The highest BCUT2D eigenvalue weighted by Crippen LogP contribution is 2.41. The number of carboxylic acid groups (broad SMARTS) is 1. The van der Waals surface area contributed by atoms with Crippen LogP contribution in [-0.4, -0.2) is 29.2 Å². The summed E-state index contributed by atoms with van der Waals surface area (Å²) < 4.78 is 5.56. The van der Waals surface area contributed by atoms with Gasteiger partial charge >= 0.3 is 11.9 Å². The highest BCUT2D eigenvalue weighted by atomic mass is 35.5. The zero-order valence-electron chi connectivity index (χ0n) is 16.9. The first-order chi connectivity index (χ1) is 14.4. The molecule has 6 nitrogen and oxygen atoms in total. The molecule has 30 heavy (non-hydrogen) atoms. The summed E-state index contributed by atoms with van der Waals surface area (Å²) in [7, 11) is 0. The highest BCUT2D eigenvalue weighted by molar-refractivity contribution is 6.30. The summed E-state index contributed by atoms with van der Waals surface area (Å²) >= 11 is 6.18. The molecule has 0 saturated carbocycles. The third-order valence-electron chi connectivity index (χ3n) is 5.47. The maximum atomic E-state index is 13.1. The zero-order chi connectivity index (χ0) is 21.7. The Kier molecular flexibility index (Phi) is 6.80. The minimum absolute atomic E-state index is 0.196. The molecule has 158 valence electrons. The summed E-state index contributed by atoms with van der Waals surface area (Å²) in [6.45, 7) is 3.68. The molecule has 3 rings (SSSR count). The molecule has 2 unspecified atom stereocenters. The first-order valence-electron chi connectivity index (χ1n) is 9.83. The van der Waals surface area contributed by atoms with Crippen LogP contribution in [0.4, 0.5) is 0 Å². The number of hydrogen-bond donors (Lipinski definition) is 3. The maximum Gasteiger partial charge on any atom is 0.336 e. The molecule has 3 N–H and O–H groups in total. The molecule has 0 fully saturated rings. The lowest BCUT2D eigenvalue weighted by Gasteiger charge is -2.42. The topological polar surface area (TPSA) is 87.7 Å². The van der Waals surface area contributed by atoms with Crippen LogP contribution < -0.4 is 10.9 Å². The van der Waals surface area contributed by atoms with Crippen LogP contribution in [0, 0.1) is 0 Å². The largest absolute Gasteiger partial charge is 0.480 e. The number of benzene rings is 2. The van der Waals surface area contributed by atoms with E-state index in [1.54, 1.807) is 38.1 Å². The third kappa shape index (κ3) is 4.35. The quantitative estimate of drug-likeness (QED) is 0.581. The van der Waals surface area contributed by atoms with E-state index in [4.69, 9.17) is 16.3 Å². The molecule has 0 aromatic heterocycles. The van der Waals surface area contributed by atoms with Crippen molar-refractivity contribution in [2.24, 2.45) is 0 Å². The number of ether oxygens (including phenoxy) is 1. The number of hydrogen-bond acceptors (Lipinski definition) is 5. The van der Waals surface area contributed by atoms with E-state index in [0.29, 0.717) is 22.7 Å². The number of carboxylic acids is 1. The van der Waals surface area contributed by atoms with Crippen LogP contribution >= 0.6 is 11.6 Å². The lowest BCUT2D eigenvalue weighted by Crippen LogP contribution is -2.64. The van der Waals surface area contributed by atoms with Crippen LogP contribution in [0.5, 0.6) is 0 Å². The van der Waals surface area contributed by atoms with Crippen molar-refractivity contribution >= 4 is 23.5 Å². The van der Waals surface area contributed by atoms with Gasteiger partial charge in [-0.15, -0.1) is 0 Å². The van der Waals surface area contributed by atoms with Crippen molar-refractivity contribution in [3.05, 3.63) is 82.0 Å². The lowest BCUT2D eigenvalue weighted by atomic mass is 9.71. The number of aliphatic carboxylic acids is 1. The predicted octanol–water partition coefficient (Wildman–Crippen LogP) is 3.82. The number of hydrazine groups is 1. The lowest BCUT2D eigenvalue weighted by molar-refractivity contribution is -0.147. The van der Waals surface area contributed by atoms with Crippen LogP contribution in [0.2, 0.25) is 5.02 Å². The van der Waals surface area contributed by atoms with Gasteiger partial charge in [-0.2, -0.15) is 0 Å². The Hall–Kier alpha value is -2.83. The van der Waals surface area contributed by atoms with Gasteiger partial charge in [0, 0.05) is 23.1 Å². The van der Waals surface area contributed by atoms with E-state index < -0.39 is 23.4 Å². The fraction of sp³-hybridized carbons (Fsp3) is 0.304. The van der Waals surface area contributed by atoms with Gasteiger partial charge in [0.25, 0.3) is 0 Å². The molecule has 1 aliphatic rings. The summed E-state index contributed by atoms with van der Waals surface area (Å²) in [6, 6.07) is 16.6. The number of allylic oxidation sites excluding steroid dienone is 1. The van der Waals surface area contributed by atoms with Crippen LogP contribution in [0.25, 0.3) is 0 Å². The Labute approximate surface area is 180 Å². The SMILES string of the molecule is CCC1(C(=O)O)NNC(C)=C(C(=O)OCCc2ccccc2)C1c1cccc(Cl)c1. The predicted molar refractivity (Wildman–Crippen MR) is 115 cm³/mol. The molecule has 2 aromatic rings. The summed E-state index contributed by atoms with van der Waals surface area (Å²) in [4.78, 5) is 25.5. The van der Waals surface area contributed by atoms with Gasteiger partial charge in [0.1, 0.15) is 5.54 Å². The Bertz CT molecular complexity index is 961. The van der Waals surface area contributed by atoms with Crippen molar-refractivity contribution < 1.29 is 19.4 Å². The Morgan fingerprint density at radius 1 is 1.17 bits per heavy atom. The van der Waals surface area contributed by atoms with Gasteiger partial charge in [0.05, 0.1) is 12.2 Å². The Morgan fingerprint density at radius 3 is 2.53 bits per heavy atom. The molecule has 2 atom stereocenters. The Morgan fingerprint density at radius 2 is 1.90 bits per heavy atom. The molecule has 2 aromatic carbocycles.